The van der Waals surface area contributed by atoms with Crippen molar-refractivity contribution in [2.75, 3.05) is 12.4 Å². The predicted molar refractivity (Wildman–Crippen MR) is 69.3 cm³/mol. The molecule has 1 aliphatic rings. The van der Waals surface area contributed by atoms with Crippen LogP contribution in [0.4, 0.5) is 5.82 Å². The number of carbonyl (C=O) groups is 3. The Labute approximate surface area is 114 Å². The molecule has 2 N–H and O–H groups in total. The molecule has 2 rings (SSSR count). The van der Waals surface area contributed by atoms with Crippen LogP contribution in [0, 0.1) is 0 Å². The van der Waals surface area contributed by atoms with E-state index in [1.807, 2.05) is 0 Å². The number of aromatic nitrogens is 1. The van der Waals surface area contributed by atoms with Crippen LogP contribution in [0.1, 0.15) is 23.2 Å². The highest BCUT2D eigenvalue weighted by Crippen LogP contribution is 2.10. The number of carboxylic acids is 1. The number of nitrogens with one attached hydrogen (secondary N) is 1. The van der Waals surface area contributed by atoms with E-state index in [1.54, 1.807) is 0 Å². The normalized spacial score (nSPS) is 14.8. The molecule has 1 aromatic rings. The maximum atomic E-state index is 11.9. The van der Waals surface area contributed by atoms with Gasteiger partial charge in [0, 0.05) is 26.1 Å². The molecule has 2 heterocycles. The molecule has 0 aromatic carbocycles. The Hall–Kier alpha value is -2.77. The number of amides is 2. The Bertz CT molecular complexity index is 594. The van der Waals surface area contributed by atoms with Crippen molar-refractivity contribution in [1.82, 2.24) is 9.99 Å². The van der Waals surface area contributed by atoms with Gasteiger partial charge in [0.05, 0.1) is 5.56 Å². The standard InChI is InChI=1S/C12H12N4O4/c1-16-10(17)5-3-8(15-16)11(18)14-9-4-2-7(6-13-9)12(19)20/h2,4,6H,3,5H2,1H3,(H,19,20)(H,13,14,18). The van der Waals surface area contributed by atoms with Crippen LogP contribution in [-0.2, 0) is 9.59 Å². The molecule has 0 spiro atoms. The first-order chi connectivity index (χ1) is 9.47. The zero-order valence-electron chi connectivity index (χ0n) is 10.7. The zero-order valence-corrected chi connectivity index (χ0v) is 10.7. The van der Waals surface area contributed by atoms with Gasteiger partial charge in [-0.3, -0.25) is 9.59 Å². The number of carbonyl (C=O) groups excluding carboxylic acids is 2. The van der Waals surface area contributed by atoms with Crippen LogP contribution in [0.3, 0.4) is 0 Å². The summed E-state index contributed by atoms with van der Waals surface area (Å²) in [5.74, 6) is -1.47. The summed E-state index contributed by atoms with van der Waals surface area (Å²) in [6.07, 6.45) is 1.65. The molecule has 0 saturated carbocycles. The summed E-state index contributed by atoms with van der Waals surface area (Å²) in [7, 11) is 1.48. The number of anilines is 1. The van der Waals surface area contributed by atoms with Crippen molar-refractivity contribution in [3.8, 4) is 0 Å². The summed E-state index contributed by atoms with van der Waals surface area (Å²) in [4.78, 5) is 37.6. The maximum Gasteiger partial charge on any atom is 0.337 e. The molecule has 0 radical (unpaired) electrons. The second-order valence-electron chi connectivity index (χ2n) is 4.16. The molecule has 0 unspecified atom stereocenters. The van der Waals surface area contributed by atoms with Crippen LogP contribution in [0.25, 0.3) is 0 Å². The molecule has 0 fully saturated rings. The molecule has 2 amide bonds. The Kier molecular flexibility index (Phi) is 3.74. The molecule has 20 heavy (non-hydrogen) atoms. The molecule has 1 aromatic heterocycles. The third-order valence-electron chi connectivity index (χ3n) is 2.72. The average Bonchev–Trinajstić information content (AvgIpc) is 2.42. The molecule has 1 aliphatic heterocycles. The third-order valence-corrected chi connectivity index (χ3v) is 2.72. The number of rotatable bonds is 3. The zero-order chi connectivity index (χ0) is 14.7. The summed E-state index contributed by atoms with van der Waals surface area (Å²) in [5.41, 5.74) is 0.263. The maximum absolute atomic E-state index is 11.9. The van der Waals surface area contributed by atoms with Crippen LogP contribution in [0.2, 0.25) is 0 Å². The first-order valence-corrected chi connectivity index (χ1v) is 5.82. The Balaban J connectivity index is 2.06. The molecule has 8 nitrogen and oxygen atoms in total. The second kappa shape index (κ2) is 5.47. The van der Waals surface area contributed by atoms with Crippen molar-refractivity contribution in [2.45, 2.75) is 12.8 Å². The van der Waals surface area contributed by atoms with E-state index in [4.69, 9.17) is 5.11 Å². The largest absolute Gasteiger partial charge is 0.478 e. The number of pyridine rings is 1. The number of hydrogen-bond donors (Lipinski definition) is 2. The molecule has 0 bridgehead atoms. The first-order valence-electron chi connectivity index (χ1n) is 5.82. The van der Waals surface area contributed by atoms with Gasteiger partial charge in [-0.25, -0.2) is 14.8 Å². The van der Waals surface area contributed by atoms with Crippen molar-refractivity contribution >= 4 is 29.3 Å². The summed E-state index contributed by atoms with van der Waals surface area (Å²) in [6.45, 7) is 0. The molecule has 0 aliphatic carbocycles. The molecular formula is C12H12N4O4. The molecule has 104 valence electrons. The minimum absolute atomic E-state index is 0.0309. The monoisotopic (exact) mass is 276 g/mol. The lowest BCUT2D eigenvalue weighted by atomic mass is 10.1. The Morgan fingerprint density at radius 3 is 2.65 bits per heavy atom. The van der Waals surface area contributed by atoms with E-state index in [0.717, 1.165) is 11.2 Å². The van der Waals surface area contributed by atoms with Crippen molar-refractivity contribution in [1.29, 1.82) is 0 Å². The van der Waals surface area contributed by atoms with E-state index >= 15 is 0 Å². The summed E-state index contributed by atoms with van der Waals surface area (Å²) < 4.78 is 0. The first kappa shape index (κ1) is 13.7. The lowest BCUT2D eigenvalue weighted by molar-refractivity contribution is -0.130. The van der Waals surface area contributed by atoms with Crippen LogP contribution in [0.5, 0.6) is 0 Å². The fourth-order valence-electron chi connectivity index (χ4n) is 1.62. The minimum atomic E-state index is -1.09. The Morgan fingerprint density at radius 2 is 2.10 bits per heavy atom. The van der Waals surface area contributed by atoms with Crippen LogP contribution in [-0.4, -0.2) is 45.6 Å². The van der Waals surface area contributed by atoms with Crippen LogP contribution >= 0.6 is 0 Å². The summed E-state index contributed by atoms with van der Waals surface area (Å²) in [6, 6.07) is 2.73. The van der Waals surface area contributed by atoms with Gasteiger partial charge in [-0.2, -0.15) is 5.10 Å². The van der Waals surface area contributed by atoms with Crippen molar-refractivity contribution in [3.63, 3.8) is 0 Å². The fourth-order valence-corrected chi connectivity index (χ4v) is 1.62. The quantitative estimate of drug-likeness (QED) is 0.826. The van der Waals surface area contributed by atoms with Gasteiger partial charge in [-0.1, -0.05) is 0 Å². The second-order valence-corrected chi connectivity index (χ2v) is 4.16. The highest BCUT2D eigenvalue weighted by molar-refractivity contribution is 6.43. The lowest BCUT2D eigenvalue weighted by Crippen LogP contribution is -2.34. The predicted octanol–water partition coefficient (Wildman–Crippen LogP) is 0.326. The van der Waals surface area contributed by atoms with Crippen LogP contribution < -0.4 is 5.32 Å². The van der Waals surface area contributed by atoms with Gasteiger partial charge in [-0.05, 0) is 12.1 Å². The number of aromatic carboxylic acids is 1. The van der Waals surface area contributed by atoms with E-state index in [1.165, 1.54) is 19.2 Å². The lowest BCUT2D eigenvalue weighted by Gasteiger charge is -2.18. The van der Waals surface area contributed by atoms with Crippen LogP contribution in [0.15, 0.2) is 23.4 Å². The van der Waals surface area contributed by atoms with Gasteiger partial charge in [0.25, 0.3) is 5.91 Å². The number of hydrogen-bond acceptors (Lipinski definition) is 5. The highest BCUT2D eigenvalue weighted by Gasteiger charge is 2.22. The van der Waals surface area contributed by atoms with E-state index in [-0.39, 0.29) is 35.8 Å². The summed E-state index contributed by atoms with van der Waals surface area (Å²) >= 11 is 0. The van der Waals surface area contributed by atoms with Crippen molar-refractivity contribution in [2.24, 2.45) is 5.10 Å². The minimum Gasteiger partial charge on any atom is -0.478 e. The van der Waals surface area contributed by atoms with Crippen molar-refractivity contribution < 1.29 is 19.5 Å². The van der Waals surface area contributed by atoms with E-state index < -0.39 is 11.9 Å². The van der Waals surface area contributed by atoms with Gasteiger partial charge in [0.15, 0.2) is 0 Å². The van der Waals surface area contributed by atoms with Gasteiger partial charge in [-0.15, -0.1) is 0 Å². The highest BCUT2D eigenvalue weighted by atomic mass is 16.4. The van der Waals surface area contributed by atoms with Gasteiger partial charge < -0.3 is 10.4 Å². The molecule has 8 heteroatoms. The number of hydrazone groups is 1. The third kappa shape index (κ3) is 2.97. The van der Waals surface area contributed by atoms with Gasteiger partial charge in [0.2, 0.25) is 5.91 Å². The molecular weight excluding hydrogens is 264 g/mol. The fraction of sp³-hybridized carbons (Fsp3) is 0.250. The molecule has 0 saturated heterocycles. The van der Waals surface area contributed by atoms with E-state index in [0.29, 0.717) is 0 Å². The SMILES string of the molecule is CN1N=C(C(=O)Nc2ccc(C(=O)O)cn2)CCC1=O. The number of nitrogens with zero attached hydrogens (tertiary/aromatic N) is 3. The van der Waals surface area contributed by atoms with Gasteiger partial charge >= 0.3 is 5.97 Å². The summed E-state index contributed by atoms with van der Waals surface area (Å²) in [5, 5.41) is 16.2. The average molecular weight is 276 g/mol. The topological polar surface area (TPSA) is 112 Å². The molecule has 0 atom stereocenters. The van der Waals surface area contributed by atoms with E-state index in [2.05, 4.69) is 15.4 Å². The number of carboxylic acid groups (broad SMARTS) is 1. The van der Waals surface area contributed by atoms with Crippen molar-refractivity contribution in [3.05, 3.63) is 23.9 Å². The van der Waals surface area contributed by atoms with E-state index in [9.17, 15) is 14.4 Å². The Morgan fingerprint density at radius 1 is 1.35 bits per heavy atom. The van der Waals surface area contributed by atoms with Gasteiger partial charge in [0.1, 0.15) is 11.5 Å². The smallest absolute Gasteiger partial charge is 0.337 e.